The number of para-hydroxylation sites is 1. The summed E-state index contributed by atoms with van der Waals surface area (Å²) in [6.45, 7) is 1.97. The number of fused-ring (bicyclic) bond motifs is 1. The number of nitrogens with one attached hydrogen (secondary N) is 1. The first kappa shape index (κ1) is 16.0. The Morgan fingerprint density at radius 2 is 2.00 bits per heavy atom. The van der Waals surface area contributed by atoms with Crippen molar-refractivity contribution < 1.29 is 4.79 Å². The summed E-state index contributed by atoms with van der Waals surface area (Å²) in [5.74, 6) is -0.124. The summed E-state index contributed by atoms with van der Waals surface area (Å²) in [6.07, 6.45) is 8.96. The number of rotatable bonds is 4. The molecule has 0 fully saturated rings. The highest BCUT2D eigenvalue weighted by atomic mass is 16.1. The van der Waals surface area contributed by atoms with E-state index in [1.807, 2.05) is 49.5 Å². The minimum Gasteiger partial charge on any atom is -0.323 e. The van der Waals surface area contributed by atoms with Crippen molar-refractivity contribution in [1.82, 2.24) is 19.7 Å². The quantitative estimate of drug-likeness (QED) is 0.617. The van der Waals surface area contributed by atoms with Gasteiger partial charge in [-0.05, 0) is 30.2 Å². The van der Waals surface area contributed by atoms with Crippen molar-refractivity contribution in [3.8, 4) is 5.69 Å². The third-order valence-corrected chi connectivity index (χ3v) is 4.10. The van der Waals surface area contributed by atoms with Crippen LogP contribution in [0.4, 0.5) is 5.69 Å². The van der Waals surface area contributed by atoms with Crippen molar-refractivity contribution in [2.45, 2.75) is 13.3 Å². The molecule has 4 rings (SSSR count). The molecule has 0 spiro atoms. The zero-order valence-electron chi connectivity index (χ0n) is 14.3. The maximum absolute atomic E-state index is 12.6. The molecule has 0 saturated carbocycles. The lowest BCUT2D eigenvalue weighted by molar-refractivity contribution is -0.115. The van der Waals surface area contributed by atoms with Crippen LogP contribution in [0.2, 0.25) is 0 Å². The average Bonchev–Trinajstić information content (AvgIpc) is 3.09. The molecule has 3 heterocycles. The van der Waals surface area contributed by atoms with E-state index in [1.54, 1.807) is 29.5 Å². The molecule has 6 nitrogen and oxygen atoms in total. The molecule has 0 aliphatic heterocycles. The fraction of sp³-hybridized carbons (Fsp3) is 0.100. The molecule has 1 amide bonds. The van der Waals surface area contributed by atoms with Gasteiger partial charge < -0.3 is 5.32 Å². The van der Waals surface area contributed by atoms with E-state index in [9.17, 15) is 4.79 Å². The van der Waals surface area contributed by atoms with Crippen LogP contribution < -0.4 is 5.32 Å². The van der Waals surface area contributed by atoms with Gasteiger partial charge in [0.2, 0.25) is 5.91 Å². The zero-order valence-corrected chi connectivity index (χ0v) is 14.3. The molecule has 26 heavy (non-hydrogen) atoms. The van der Waals surface area contributed by atoms with Gasteiger partial charge >= 0.3 is 0 Å². The molecule has 0 aliphatic rings. The lowest BCUT2D eigenvalue weighted by atomic mass is 10.1. The summed E-state index contributed by atoms with van der Waals surface area (Å²) in [4.78, 5) is 21.1. The predicted octanol–water partition coefficient (Wildman–Crippen LogP) is 3.31. The van der Waals surface area contributed by atoms with Crippen molar-refractivity contribution in [3.05, 3.63) is 78.5 Å². The Morgan fingerprint density at radius 3 is 2.85 bits per heavy atom. The molecular formula is C20H17N5O. The minimum absolute atomic E-state index is 0.124. The van der Waals surface area contributed by atoms with Crippen molar-refractivity contribution >= 4 is 22.5 Å². The molecule has 3 aromatic heterocycles. The number of hydrogen-bond donors (Lipinski definition) is 1. The van der Waals surface area contributed by atoms with Gasteiger partial charge in [-0.1, -0.05) is 24.3 Å². The zero-order chi connectivity index (χ0) is 17.9. The number of carbonyl (C=O) groups excluding carboxylic acids is 1. The highest BCUT2D eigenvalue weighted by molar-refractivity contribution is 5.96. The van der Waals surface area contributed by atoms with E-state index < -0.39 is 0 Å². The number of benzene rings is 1. The average molecular weight is 343 g/mol. The Labute approximate surface area is 150 Å². The number of aryl methyl sites for hydroxylation is 1. The first-order valence-corrected chi connectivity index (χ1v) is 8.29. The van der Waals surface area contributed by atoms with E-state index in [0.717, 1.165) is 27.7 Å². The number of hydrogen-bond acceptors (Lipinski definition) is 4. The lowest BCUT2D eigenvalue weighted by Gasteiger charge is -2.11. The van der Waals surface area contributed by atoms with Gasteiger partial charge in [-0.15, -0.1) is 0 Å². The highest BCUT2D eigenvalue weighted by Crippen LogP contribution is 2.20. The van der Waals surface area contributed by atoms with Crippen molar-refractivity contribution in [3.63, 3.8) is 0 Å². The van der Waals surface area contributed by atoms with Crippen molar-refractivity contribution in [1.29, 1.82) is 0 Å². The third-order valence-electron chi connectivity index (χ3n) is 4.10. The summed E-state index contributed by atoms with van der Waals surface area (Å²) in [7, 11) is 0. The van der Waals surface area contributed by atoms with Gasteiger partial charge in [0.25, 0.3) is 0 Å². The maximum atomic E-state index is 12.6. The molecule has 6 heteroatoms. The Balaban J connectivity index is 1.59. The third kappa shape index (κ3) is 3.17. The SMILES string of the molecule is Cc1cnn(-c2ccncc2NC(=O)Cc2cccc3cccnc23)c1. The van der Waals surface area contributed by atoms with E-state index in [1.165, 1.54) is 0 Å². The topological polar surface area (TPSA) is 72.7 Å². The monoisotopic (exact) mass is 343 g/mol. The van der Waals surface area contributed by atoms with Crippen LogP contribution in [0.5, 0.6) is 0 Å². The van der Waals surface area contributed by atoms with E-state index in [4.69, 9.17) is 0 Å². The summed E-state index contributed by atoms with van der Waals surface area (Å²) in [5, 5.41) is 8.27. The molecular weight excluding hydrogens is 326 g/mol. The molecule has 1 aromatic carbocycles. The van der Waals surface area contributed by atoms with Crippen LogP contribution in [0.3, 0.4) is 0 Å². The molecule has 1 N–H and O–H groups in total. The fourth-order valence-corrected chi connectivity index (χ4v) is 2.91. The molecule has 0 saturated heterocycles. The smallest absolute Gasteiger partial charge is 0.228 e. The summed E-state index contributed by atoms with van der Waals surface area (Å²) in [5.41, 5.74) is 4.17. The molecule has 0 radical (unpaired) electrons. The lowest BCUT2D eigenvalue weighted by Crippen LogP contribution is -2.16. The second-order valence-corrected chi connectivity index (χ2v) is 6.07. The minimum atomic E-state index is -0.124. The second-order valence-electron chi connectivity index (χ2n) is 6.07. The molecule has 0 atom stereocenters. The molecule has 128 valence electrons. The number of pyridine rings is 2. The van der Waals surface area contributed by atoms with Gasteiger partial charge in [0.1, 0.15) is 0 Å². The van der Waals surface area contributed by atoms with Gasteiger partial charge in [0, 0.05) is 24.0 Å². The van der Waals surface area contributed by atoms with Gasteiger partial charge in [-0.2, -0.15) is 5.10 Å². The van der Waals surface area contributed by atoms with Crippen LogP contribution in [0, 0.1) is 6.92 Å². The van der Waals surface area contributed by atoms with Crippen LogP contribution in [0.1, 0.15) is 11.1 Å². The van der Waals surface area contributed by atoms with E-state index in [2.05, 4.69) is 20.4 Å². The van der Waals surface area contributed by atoms with Gasteiger partial charge in [-0.3, -0.25) is 14.8 Å². The molecule has 0 bridgehead atoms. The standard InChI is InChI=1S/C20H17N5O/c1-14-11-23-25(13-14)18-7-9-21-12-17(18)24-19(26)10-16-5-2-4-15-6-3-8-22-20(15)16/h2-9,11-13H,10H2,1H3,(H,24,26). The van der Waals surface area contributed by atoms with E-state index in [0.29, 0.717) is 5.69 Å². The summed E-state index contributed by atoms with van der Waals surface area (Å²) >= 11 is 0. The van der Waals surface area contributed by atoms with E-state index >= 15 is 0 Å². The van der Waals surface area contributed by atoms with Gasteiger partial charge in [0.05, 0.1) is 35.7 Å². The predicted molar refractivity (Wildman–Crippen MR) is 100 cm³/mol. The van der Waals surface area contributed by atoms with Crippen LogP contribution in [0.15, 0.2) is 67.4 Å². The summed E-state index contributed by atoms with van der Waals surface area (Å²) < 4.78 is 1.73. The van der Waals surface area contributed by atoms with Crippen LogP contribution in [0.25, 0.3) is 16.6 Å². The number of nitrogens with zero attached hydrogens (tertiary/aromatic N) is 4. The van der Waals surface area contributed by atoms with Crippen molar-refractivity contribution in [2.75, 3.05) is 5.32 Å². The number of amides is 1. The van der Waals surface area contributed by atoms with Crippen LogP contribution in [-0.2, 0) is 11.2 Å². The van der Waals surface area contributed by atoms with Crippen LogP contribution >= 0.6 is 0 Å². The Kier molecular flexibility index (Phi) is 4.15. The Bertz CT molecular complexity index is 1080. The first-order chi connectivity index (χ1) is 12.7. The van der Waals surface area contributed by atoms with Gasteiger partial charge in [-0.25, -0.2) is 4.68 Å². The number of anilines is 1. The highest BCUT2D eigenvalue weighted by Gasteiger charge is 2.12. The number of aromatic nitrogens is 4. The normalized spacial score (nSPS) is 10.8. The first-order valence-electron chi connectivity index (χ1n) is 8.29. The van der Waals surface area contributed by atoms with Crippen molar-refractivity contribution in [2.24, 2.45) is 0 Å². The molecule has 0 aliphatic carbocycles. The Morgan fingerprint density at radius 1 is 1.12 bits per heavy atom. The maximum Gasteiger partial charge on any atom is 0.228 e. The molecule has 4 aromatic rings. The second kappa shape index (κ2) is 6.76. The largest absolute Gasteiger partial charge is 0.323 e. The van der Waals surface area contributed by atoms with E-state index in [-0.39, 0.29) is 12.3 Å². The van der Waals surface area contributed by atoms with Crippen LogP contribution in [-0.4, -0.2) is 25.7 Å². The van der Waals surface area contributed by atoms with Gasteiger partial charge in [0.15, 0.2) is 0 Å². The fourth-order valence-electron chi connectivity index (χ4n) is 2.91. The Hall–Kier alpha value is -3.54. The number of carbonyl (C=O) groups is 1. The summed E-state index contributed by atoms with van der Waals surface area (Å²) in [6, 6.07) is 11.6. The molecule has 0 unspecified atom stereocenters.